The molecule has 2 heterocycles. The molecule has 6 nitrogen and oxygen atoms in total. The van der Waals surface area contributed by atoms with Crippen LogP contribution in [0, 0.1) is 0 Å². The smallest absolute Gasteiger partial charge is 0.319 e. The van der Waals surface area contributed by atoms with Crippen molar-refractivity contribution in [1.82, 2.24) is 10.3 Å². The summed E-state index contributed by atoms with van der Waals surface area (Å²) in [6.07, 6.45) is 2.42. The van der Waals surface area contributed by atoms with Gasteiger partial charge in [0.2, 0.25) is 6.79 Å². The Balaban J connectivity index is 1.35. The monoisotopic (exact) mass is 335 g/mol. The Morgan fingerprint density at radius 3 is 2.92 bits per heavy atom. The van der Waals surface area contributed by atoms with Crippen molar-refractivity contribution in [3.05, 3.63) is 60.3 Å². The summed E-state index contributed by atoms with van der Waals surface area (Å²) >= 11 is 0. The van der Waals surface area contributed by atoms with E-state index in [1.165, 1.54) is 0 Å². The zero-order valence-electron chi connectivity index (χ0n) is 13.5. The van der Waals surface area contributed by atoms with Crippen molar-refractivity contribution < 1.29 is 14.3 Å². The number of amides is 2. The van der Waals surface area contributed by atoms with Gasteiger partial charge in [0.1, 0.15) is 0 Å². The lowest BCUT2D eigenvalue weighted by Gasteiger charge is -2.09. The first-order valence-electron chi connectivity index (χ1n) is 8.07. The van der Waals surface area contributed by atoms with Crippen LogP contribution in [-0.4, -0.2) is 24.4 Å². The summed E-state index contributed by atoms with van der Waals surface area (Å²) in [6, 6.07) is 15.1. The lowest BCUT2D eigenvalue weighted by molar-refractivity contribution is 0.174. The molecule has 0 saturated heterocycles. The second-order valence-corrected chi connectivity index (χ2v) is 5.70. The van der Waals surface area contributed by atoms with E-state index in [4.69, 9.17) is 9.47 Å². The molecule has 1 aliphatic rings. The summed E-state index contributed by atoms with van der Waals surface area (Å²) in [6.45, 7) is 0.780. The first-order chi connectivity index (χ1) is 12.3. The van der Waals surface area contributed by atoms with E-state index in [0.717, 1.165) is 28.0 Å². The number of hydrogen-bond donors (Lipinski definition) is 2. The Labute approximate surface area is 144 Å². The summed E-state index contributed by atoms with van der Waals surface area (Å²) in [5, 5.41) is 6.70. The number of urea groups is 1. The van der Waals surface area contributed by atoms with Gasteiger partial charge in [0.15, 0.2) is 11.5 Å². The molecule has 2 aromatic carbocycles. The summed E-state index contributed by atoms with van der Waals surface area (Å²) in [7, 11) is 0. The Hall–Kier alpha value is -3.28. The van der Waals surface area contributed by atoms with Crippen LogP contribution in [0.5, 0.6) is 11.5 Å². The molecule has 4 rings (SSSR count). The van der Waals surface area contributed by atoms with Gasteiger partial charge in [-0.3, -0.25) is 4.98 Å². The third kappa shape index (κ3) is 3.33. The summed E-state index contributed by atoms with van der Waals surface area (Å²) in [4.78, 5) is 16.5. The zero-order chi connectivity index (χ0) is 17.1. The first-order valence-corrected chi connectivity index (χ1v) is 8.07. The molecule has 3 aromatic rings. The number of fused-ring (bicyclic) bond motifs is 2. The zero-order valence-corrected chi connectivity index (χ0v) is 13.5. The van der Waals surface area contributed by atoms with Crippen molar-refractivity contribution in [2.45, 2.75) is 6.42 Å². The molecule has 0 spiro atoms. The van der Waals surface area contributed by atoms with Gasteiger partial charge in [0, 0.05) is 18.1 Å². The number of aromatic nitrogens is 1. The highest BCUT2D eigenvalue weighted by Gasteiger charge is 2.13. The number of carbonyl (C=O) groups is 1. The third-order valence-corrected chi connectivity index (χ3v) is 4.02. The van der Waals surface area contributed by atoms with Crippen LogP contribution in [0.15, 0.2) is 54.7 Å². The number of ether oxygens (including phenoxy) is 2. The van der Waals surface area contributed by atoms with Gasteiger partial charge in [-0.15, -0.1) is 0 Å². The fourth-order valence-electron chi connectivity index (χ4n) is 2.79. The Morgan fingerprint density at radius 2 is 1.96 bits per heavy atom. The van der Waals surface area contributed by atoms with Crippen molar-refractivity contribution in [2.24, 2.45) is 0 Å². The number of nitrogens with one attached hydrogen (secondary N) is 2. The van der Waals surface area contributed by atoms with Gasteiger partial charge in [0.05, 0.1) is 11.2 Å². The number of anilines is 1. The number of benzene rings is 2. The number of pyridine rings is 1. The topological polar surface area (TPSA) is 72.5 Å². The van der Waals surface area contributed by atoms with Gasteiger partial charge in [0.25, 0.3) is 0 Å². The molecule has 0 fully saturated rings. The van der Waals surface area contributed by atoms with E-state index >= 15 is 0 Å². The van der Waals surface area contributed by atoms with E-state index in [9.17, 15) is 4.79 Å². The molecule has 0 saturated carbocycles. The number of rotatable bonds is 4. The minimum absolute atomic E-state index is 0.251. The molecule has 0 aliphatic carbocycles. The van der Waals surface area contributed by atoms with Gasteiger partial charge in [-0.05, 0) is 36.2 Å². The minimum Gasteiger partial charge on any atom is -0.454 e. The predicted molar refractivity (Wildman–Crippen MR) is 95.0 cm³/mol. The molecule has 2 amide bonds. The highest BCUT2D eigenvalue weighted by atomic mass is 16.7. The second kappa shape index (κ2) is 6.68. The van der Waals surface area contributed by atoms with E-state index in [2.05, 4.69) is 15.6 Å². The van der Waals surface area contributed by atoms with Crippen molar-refractivity contribution in [2.75, 3.05) is 18.7 Å². The number of carbonyl (C=O) groups excluding carboxylic acids is 1. The van der Waals surface area contributed by atoms with Gasteiger partial charge in [-0.1, -0.05) is 24.3 Å². The van der Waals surface area contributed by atoms with Crippen LogP contribution in [0.2, 0.25) is 0 Å². The summed E-state index contributed by atoms with van der Waals surface area (Å²) in [5.41, 5.74) is 2.55. The first kappa shape index (κ1) is 15.3. The molecule has 126 valence electrons. The maximum atomic E-state index is 12.1. The van der Waals surface area contributed by atoms with Crippen LogP contribution >= 0.6 is 0 Å². The fourth-order valence-corrected chi connectivity index (χ4v) is 2.79. The molecule has 0 bridgehead atoms. The van der Waals surface area contributed by atoms with Crippen molar-refractivity contribution >= 4 is 22.6 Å². The van der Waals surface area contributed by atoms with Crippen molar-refractivity contribution in [3.8, 4) is 11.5 Å². The lowest BCUT2D eigenvalue weighted by Crippen LogP contribution is -2.30. The van der Waals surface area contributed by atoms with Crippen LogP contribution < -0.4 is 20.1 Å². The molecule has 2 N–H and O–H groups in total. The largest absolute Gasteiger partial charge is 0.454 e. The molecule has 6 heteroatoms. The average molecular weight is 335 g/mol. The van der Waals surface area contributed by atoms with E-state index in [-0.39, 0.29) is 12.8 Å². The van der Waals surface area contributed by atoms with Crippen LogP contribution in [-0.2, 0) is 6.42 Å². The van der Waals surface area contributed by atoms with Gasteiger partial charge in [-0.2, -0.15) is 0 Å². The highest BCUT2D eigenvalue weighted by molar-refractivity contribution is 5.99. The maximum Gasteiger partial charge on any atom is 0.319 e. The Bertz CT molecular complexity index is 921. The van der Waals surface area contributed by atoms with Crippen molar-refractivity contribution in [1.29, 1.82) is 0 Å². The maximum absolute atomic E-state index is 12.1. The van der Waals surface area contributed by atoms with E-state index in [1.54, 1.807) is 6.20 Å². The average Bonchev–Trinajstić information content (AvgIpc) is 3.10. The van der Waals surface area contributed by atoms with E-state index < -0.39 is 0 Å². The third-order valence-electron chi connectivity index (χ3n) is 4.02. The number of hydrogen-bond acceptors (Lipinski definition) is 4. The van der Waals surface area contributed by atoms with Crippen LogP contribution in [0.1, 0.15) is 5.56 Å². The molecular formula is C19H17N3O3. The van der Waals surface area contributed by atoms with Gasteiger partial charge in [-0.25, -0.2) is 4.79 Å². The number of nitrogens with zero attached hydrogens (tertiary/aromatic N) is 1. The summed E-state index contributed by atoms with van der Waals surface area (Å²) < 4.78 is 10.6. The fraction of sp³-hybridized carbons (Fsp3) is 0.158. The Morgan fingerprint density at radius 1 is 1.08 bits per heavy atom. The SMILES string of the molecule is O=C(NCCc1ccc2c(c1)OCO2)Nc1cccc2cccnc12. The van der Waals surface area contributed by atoms with Gasteiger partial charge >= 0.3 is 6.03 Å². The van der Waals surface area contributed by atoms with E-state index in [1.807, 2.05) is 48.5 Å². The second-order valence-electron chi connectivity index (χ2n) is 5.70. The molecule has 1 aliphatic heterocycles. The molecular weight excluding hydrogens is 318 g/mol. The quantitative estimate of drug-likeness (QED) is 0.767. The number of para-hydroxylation sites is 1. The molecule has 25 heavy (non-hydrogen) atoms. The Kier molecular flexibility index (Phi) is 4.08. The molecule has 0 radical (unpaired) electrons. The van der Waals surface area contributed by atoms with Crippen LogP contribution in [0.25, 0.3) is 10.9 Å². The summed E-state index contributed by atoms with van der Waals surface area (Å²) in [5.74, 6) is 1.52. The van der Waals surface area contributed by atoms with Gasteiger partial charge < -0.3 is 20.1 Å². The standard InChI is InChI=1S/C19H17N3O3/c23-19(22-15-5-1-3-14-4-2-9-20-18(14)15)21-10-8-13-6-7-16-17(11-13)25-12-24-16/h1-7,9,11H,8,10,12H2,(H2,21,22,23). The molecule has 0 atom stereocenters. The predicted octanol–water partition coefficient (Wildman–Crippen LogP) is 3.33. The van der Waals surface area contributed by atoms with E-state index in [0.29, 0.717) is 18.7 Å². The normalized spacial score (nSPS) is 12.2. The molecule has 0 unspecified atom stereocenters. The minimum atomic E-state index is -0.251. The van der Waals surface area contributed by atoms with Crippen LogP contribution in [0.4, 0.5) is 10.5 Å². The van der Waals surface area contributed by atoms with Crippen molar-refractivity contribution in [3.63, 3.8) is 0 Å². The van der Waals surface area contributed by atoms with Crippen LogP contribution in [0.3, 0.4) is 0 Å². The highest BCUT2D eigenvalue weighted by Crippen LogP contribution is 2.32. The molecule has 1 aromatic heterocycles. The lowest BCUT2D eigenvalue weighted by atomic mass is 10.1.